The van der Waals surface area contributed by atoms with Gasteiger partial charge in [-0.1, -0.05) is 0 Å². The van der Waals surface area contributed by atoms with Crippen LogP contribution in [0.1, 0.15) is 12.0 Å². The van der Waals surface area contributed by atoms with E-state index < -0.39 is 9.84 Å². The Morgan fingerprint density at radius 1 is 1.22 bits per heavy atom. The van der Waals surface area contributed by atoms with Crippen LogP contribution in [0.2, 0.25) is 0 Å². The minimum Gasteiger partial charge on any atom is -0.334 e. The average molecular weight is 338 g/mol. The summed E-state index contributed by atoms with van der Waals surface area (Å²) in [6, 6.07) is 3.62. The third-order valence-corrected chi connectivity index (χ3v) is 6.14. The maximum absolute atomic E-state index is 12.2. The van der Waals surface area contributed by atoms with Crippen molar-refractivity contribution < 1.29 is 13.2 Å². The van der Waals surface area contributed by atoms with Crippen molar-refractivity contribution in [3.8, 4) is 0 Å². The summed E-state index contributed by atoms with van der Waals surface area (Å²) < 4.78 is 22.9. The van der Waals surface area contributed by atoms with Crippen molar-refractivity contribution in [1.29, 1.82) is 0 Å². The topological polar surface area (TPSA) is 82.6 Å². The van der Waals surface area contributed by atoms with Gasteiger partial charge in [0, 0.05) is 51.2 Å². The van der Waals surface area contributed by atoms with Gasteiger partial charge in [-0.3, -0.25) is 9.88 Å². The van der Waals surface area contributed by atoms with Crippen LogP contribution in [0.15, 0.2) is 24.5 Å². The molecule has 2 aliphatic rings. The molecule has 1 atom stereocenters. The molecule has 2 saturated heterocycles. The van der Waals surface area contributed by atoms with Crippen molar-refractivity contribution in [2.75, 3.05) is 37.7 Å². The molecular weight excluding hydrogens is 316 g/mol. The zero-order valence-electron chi connectivity index (χ0n) is 13.0. The Bertz CT molecular complexity index is 642. The molecule has 0 radical (unpaired) electrons. The summed E-state index contributed by atoms with van der Waals surface area (Å²) in [5, 5.41) is 2.85. The molecule has 3 heterocycles. The Hall–Kier alpha value is -1.67. The lowest BCUT2D eigenvalue weighted by Crippen LogP contribution is -2.53. The zero-order valence-corrected chi connectivity index (χ0v) is 13.8. The number of amides is 2. The van der Waals surface area contributed by atoms with Gasteiger partial charge in [0.25, 0.3) is 0 Å². The normalized spacial score (nSPS) is 24.5. The first-order valence-corrected chi connectivity index (χ1v) is 9.71. The molecule has 8 heteroatoms. The maximum atomic E-state index is 12.2. The number of hydrogen-bond acceptors (Lipinski definition) is 5. The number of sulfone groups is 1. The predicted octanol–water partition coefficient (Wildman–Crippen LogP) is 0.0959. The van der Waals surface area contributed by atoms with Gasteiger partial charge in [-0.2, -0.15) is 0 Å². The van der Waals surface area contributed by atoms with Gasteiger partial charge in [0.05, 0.1) is 11.5 Å². The van der Waals surface area contributed by atoms with Crippen molar-refractivity contribution in [3.63, 3.8) is 0 Å². The summed E-state index contributed by atoms with van der Waals surface area (Å²) in [6.07, 6.45) is 4.10. The van der Waals surface area contributed by atoms with E-state index in [-0.39, 0.29) is 23.6 Å². The molecule has 1 N–H and O–H groups in total. The smallest absolute Gasteiger partial charge is 0.317 e. The van der Waals surface area contributed by atoms with Crippen LogP contribution >= 0.6 is 0 Å². The van der Waals surface area contributed by atoms with Crippen LogP contribution in [0.3, 0.4) is 0 Å². The van der Waals surface area contributed by atoms with Crippen LogP contribution in [0.4, 0.5) is 4.79 Å². The molecule has 0 saturated carbocycles. The van der Waals surface area contributed by atoms with Gasteiger partial charge >= 0.3 is 6.03 Å². The fourth-order valence-electron chi connectivity index (χ4n) is 3.03. The molecule has 2 amide bonds. The van der Waals surface area contributed by atoms with Gasteiger partial charge in [0.2, 0.25) is 0 Å². The van der Waals surface area contributed by atoms with Gasteiger partial charge < -0.3 is 10.2 Å². The quantitative estimate of drug-likeness (QED) is 0.845. The number of urea groups is 1. The molecule has 23 heavy (non-hydrogen) atoms. The Morgan fingerprint density at radius 3 is 2.52 bits per heavy atom. The SMILES string of the molecule is O=C(NC1CCS(=O)(=O)C1)N1CCN(Cc2ccncc2)CC1. The number of carbonyl (C=O) groups is 1. The second kappa shape index (κ2) is 6.84. The summed E-state index contributed by atoms with van der Waals surface area (Å²) in [4.78, 5) is 20.3. The molecule has 3 rings (SSSR count). The molecule has 0 bridgehead atoms. The molecular formula is C15H22N4O3S. The Labute approximate surface area is 136 Å². The van der Waals surface area contributed by atoms with Crippen LogP contribution < -0.4 is 5.32 Å². The number of rotatable bonds is 3. The first-order valence-electron chi connectivity index (χ1n) is 7.89. The molecule has 0 aliphatic carbocycles. The zero-order chi connectivity index (χ0) is 16.3. The number of nitrogens with zero attached hydrogens (tertiary/aromatic N) is 3. The van der Waals surface area contributed by atoms with Crippen LogP contribution in [0.5, 0.6) is 0 Å². The third kappa shape index (κ3) is 4.42. The van der Waals surface area contributed by atoms with Crippen LogP contribution in [0.25, 0.3) is 0 Å². The second-order valence-corrected chi connectivity index (χ2v) is 8.40. The standard InChI is InChI=1S/C15H22N4O3S/c20-15(17-14-3-10-23(21,22)12-14)19-8-6-18(7-9-19)11-13-1-4-16-5-2-13/h1-2,4-5,14H,3,6-12H2,(H,17,20). The highest BCUT2D eigenvalue weighted by Crippen LogP contribution is 2.13. The molecule has 2 aliphatic heterocycles. The van der Waals surface area contributed by atoms with E-state index >= 15 is 0 Å². The van der Waals surface area contributed by atoms with Gasteiger partial charge in [-0.05, 0) is 24.1 Å². The van der Waals surface area contributed by atoms with Crippen LogP contribution in [0, 0.1) is 0 Å². The van der Waals surface area contributed by atoms with Crippen molar-refractivity contribution in [3.05, 3.63) is 30.1 Å². The summed E-state index contributed by atoms with van der Waals surface area (Å²) in [5.41, 5.74) is 1.22. The van der Waals surface area contributed by atoms with Crippen LogP contribution in [-0.2, 0) is 16.4 Å². The molecule has 0 aromatic carbocycles. The number of carbonyl (C=O) groups excluding carboxylic acids is 1. The Balaban J connectivity index is 1.44. The lowest BCUT2D eigenvalue weighted by atomic mass is 10.2. The van der Waals surface area contributed by atoms with Crippen LogP contribution in [-0.4, -0.2) is 73.0 Å². The van der Waals surface area contributed by atoms with Gasteiger partial charge in [0.15, 0.2) is 9.84 Å². The molecule has 126 valence electrons. The molecule has 1 unspecified atom stereocenters. The maximum Gasteiger partial charge on any atom is 0.317 e. The Morgan fingerprint density at radius 2 is 1.91 bits per heavy atom. The average Bonchev–Trinajstić information content (AvgIpc) is 2.88. The highest BCUT2D eigenvalue weighted by molar-refractivity contribution is 7.91. The second-order valence-electron chi connectivity index (χ2n) is 6.17. The predicted molar refractivity (Wildman–Crippen MR) is 86.7 cm³/mol. The monoisotopic (exact) mass is 338 g/mol. The van der Waals surface area contributed by atoms with Gasteiger partial charge in [-0.25, -0.2) is 13.2 Å². The molecule has 1 aromatic rings. The van der Waals surface area contributed by atoms with E-state index in [1.54, 1.807) is 17.3 Å². The lowest BCUT2D eigenvalue weighted by Gasteiger charge is -2.35. The number of piperazine rings is 1. The van der Waals surface area contributed by atoms with E-state index in [9.17, 15) is 13.2 Å². The molecule has 0 spiro atoms. The molecule has 1 aromatic heterocycles. The van der Waals surface area contributed by atoms with Gasteiger partial charge in [0.1, 0.15) is 0 Å². The number of nitrogens with one attached hydrogen (secondary N) is 1. The van der Waals surface area contributed by atoms with Crippen molar-refractivity contribution in [2.45, 2.75) is 19.0 Å². The number of hydrogen-bond donors (Lipinski definition) is 1. The summed E-state index contributed by atoms with van der Waals surface area (Å²) in [5.74, 6) is 0.248. The fraction of sp³-hybridized carbons (Fsp3) is 0.600. The summed E-state index contributed by atoms with van der Waals surface area (Å²) >= 11 is 0. The highest BCUT2D eigenvalue weighted by Gasteiger charge is 2.30. The first-order chi connectivity index (χ1) is 11.0. The minimum absolute atomic E-state index is 0.0702. The van der Waals surface area contributed by atoms with Crippen molar-refractivity contribution in [1.82, 2.24) is 20.1 Å². The fourth-order valence-corrected chi connectivity index (χ4v) is 4.70. The largest absolute Gasteiger partial charge is 0.334 e. The van der Waals surface area contributed by atoms with E-state index in [2.05, 4.69) is 15.2 Å². The van der Waals surface area contributed by atoms with E-state index in [4.69, 9.17) is 0 Å². The van der Waals surface area contributed by atoms with E-state index in [1.165, 1.54) is 5.56 Å². The summed E-state index contributed by atoms with van der Waals surface area (Å²) in [6.45, 7) is 3.82. The van der Waals surface area contributed by atoms with Gasteiger partial charge in [-0.15, -0.1) is 0 Å². The first kappa shape index (κ1) is 16.2. The molecule has 2 fully saturated rings. The van der Waals surface area contributed by atoms with Crippen molar-refractivity contribution in [2.24, 2.45) is 0 Å². The number of pyridine rings is 1. The molecule has 7 nitrogen and oxygen atoms in total. The highest BCUT2D eigenvalue weighted by atomic mass is 32.2. The minimum atomic E-state index is -2.96. The van der Waals surface area contributed by atoms with E-state index in [0.29, 0.717) is 19.5 Å². The lowest BCUT2D eigenvalue weighted by molar-refractivity contribution is 0.134. The number of aromatic nitrogens is 1. The third-order valence-electron chi connectivity index (χ3n) is 4.38. The Kier molecular flexibility index (Phi) is 4.82. The van der Waals surface area contributed by atoms with Crippen molar-refractivity contribution >= 4 is 15.9 Å². The van der Waals surface area contributed by atoms with E-state index in [1.807, 2.05) is 12.1 Å². The van der Waals surface area contributed by atoms with E-state index in [0.717, 1.165) is 19.6 Å². The summed E-state index contributed by atoms with van der Waals surface area (Å²) in [7, 11) is -2.96.